The number of benzene rings is 1. The first-order valence-electron chi connectivity index (χ1n) is 6.88. The highest BCUT2D eigenvalue weighted by atomic mass is 31.2. The molecule has 1 rings (SSSR count). The summed E-state index contributed by atoms with van der Waals surface area (Å²) in [6.07, 6.45) is 0. The lowest BCUT2D eigenvalue weighted by Gasteiger charge is -2.36. The van der Waals surface area contributed by atoms with Gasteiger partial charge in [0.05, 0.1) is 0 Å². The summed E-state index contributed by atoms with van der Waals surface area (Å²) in [6.45, 7) is 16.5. The first kappa shape index (κ1) is 15.7. The Morgan fingerprint density at radius 1 is 0.889 bits per heavy atom. The standard InChI is InChI=1S/C15H28NPSi/c1-13(2)17(14(3)4,16-18(5,6)7)15-11-9-8-10-12-15/h8-14H,1-7H3. The van der Waals surface area contributed by atoms with E-state index >= 15 is 0 Å². The van der Waals surface area contributed by atoms with Crippen molar-refractivity contribution in [1.29, 1.82) is 0 Å². The molecule has 0 saturated heterocycles. The van der Waals surface area contributed by atoms with Gasteiger partial charge in [0.2, 0.25) is 0 Å². The van der Waals surface area contributed by atoms with Crippen molar-refractivity contribution < 1.29 is 0 Å². The normalized spacial score (nSPS) is 13.2. The van der Waals surface area contributed by atoms with E-state index < -0.39 is 15.3 Å². The fraction of sp³-hybridized carbons (Fsp3) is 0.600. The van der Waals surface area contributed by atoms with Crippen LogP contribution in [0.15, 0.2) is 34.7 Å². The van der Waals surface area contributed by atoms with Gasteiger partial charge in [-0.05, 0) is 23.7 Å². The van der Waals surface area contributed by atoms with Gasteiger partial charge < -0.3 is 4.41 Å². The monoisotopic (exact) mass is 281 g/mol. The third-order valence-electron chi connectivity index (χ3n) is 3.21. The summed E-state index contributed by atoms with van der Waals surface area (Å²) in [6, 6.07) is 11.0. The number of hydrogen-bond acceptors (Lipinski definition) is 1. The zero-order valence-electron chi connectivity index (χ0n) is 12.9. The zero-order chi connectivity index (χ0) is 14.0. The molecule has 0 bridgehead atoms. The quantitative estimate of drug-likeness (QED) is 0.533. The summed E-state index contributed by atoms with van der Waals surface area (Å²) >= 11 is 0. The Labute approximate surface area is 114 Å². The van der Waals surface area contributed by atoms with Crippen LogP contribution >= 0.6 is 7.05 Å². The van der Waals surface area contributed by atoms with Crippen molar-refractivity contribution in [2.24, 2.45) is 4.41 Å². The highest BCUT2D eigenvalue weighted by molar-refractivity contribution is 7.76. The van der Waals surface area contributed by atoms with Crippen LogP contribution in [-0.4, -0.2) is 19.6 Å². The smallest absolute Gasteiger partial charge is 0.170 e. The molecule has 0 saturated carbocycles. The SMILES string of the molecule is CC(C)P(=N[Si](C)(C)C)(c1ccccc1)C(C)C. The van der Waals surface area contributed by atoms with Crippen LogP contribution in [0.25, 0.3) is 0 Å². The van der Waals surface area contributed by atoms with Gasteiger partial charge in [-0.25, -0.2) is 0 Å². The molecule has 0 fully saturated rings. The van der Waals surface area contributed by atoms with Crippen molar-refractivity contribution >= 4 is 20.6 Å². The largest absolute Gasteiger partial charge is 0.333 e. The van der Waals surface area contributed by atoms with Crippen LogP contribution in [0.3, 0.4) is 0 Å². The Hall–Kier alpha value is -0.333. The molecule has 0 aromatic heterocycles. The van der Waals surface area contributed by atoms with Gasteiger partial charge in [0.1, 0.15) is 0 Å². The van der Waals surface area contributed by atoms with E-state index in [1.807, 2.05) is 0 Å². The van der Waals surface area contributed by atoms with Crippen molar-refractivity contribution in [1.82, 2.24) is 0 Å². The van der Waals surface area contributed by atoms with Gasteiger partial charge in [-0.3, -0.25) is 0 Å². The molecule has 1 aromatic carbocycles. The molecule has 0 N–H and O–H groups in total. The Balaban J connectivity index is 3.57. The lowest BCUT2D eigenvalue weighted by atomic mass is 10.4. The minimum absolute atomic E-state index is 0.631. The number of rotatable bonds is 4. The maximum Gasteiger partial charge on any atom is 0.170 e. The minimum atomic E-state index is -1.43. The summed E-state index contributed by atoms with van der Waals surface area (Å²) in [5.74, 6) is 0. The number of nitrogens with zero attached hydrogens (tertiary/aromatic N) is 1. The molecule has 0 unspecified atom stereocenters. The average molecular weight is 281 g/mol. The molecule has 18 heavy (non-hydrogen) atoms. The van der Waals surface area contributed by atoms with Crippen molar-refractivity contribution in [3.05, 3.63) is 30.3 Å². The highest BCUT2D eigenvalue weighted by Crippen LogP contribution is 2.58. The molecular weight excluding hydrogens is 253 g/mol. The first-order chi connectivity index (χ1) is 8.20. The Kier molecular flexibility index (Phi) is 5.03. The fourth-order valence-electron chi connectivity index (χ4n) is 2.64. The second-order valence-corrected chi connectivity index (χ2v) is 15.7. The number of hydrogen-bond donors (Lipinski definition) is 0. The molecule has 102 valence electrons. The molecule has 0 spiro atoms. The second-order valence-electron chi connectivity index (χ2n) is 6.53. The lowest BCUT2D eigenvalue weighted by Crippen LogP contribution is -2.26. The Bertz CT molecular complexity index is 418. The van der Waals surface area contributed by atoms with Crippen molar-refractivity contribution in [2.45, 2.75) is 58.7 Å². The van der Waals surface area contributed by atoms with Gasteiger partial charge in [-0.15, -0.1) is 0 Å². The van der Waals surface area contributed by atoms with Crippen LogP contribution in [0.2, 0.25) is 19.6 Å². The molecule has 0 aliphatic carbocycles. The van der Waals surface area contributed by atoms with Gasteiger partial charge in [0.25, 0.3) is 0 Å². The van der Waals surface area contributed by atoms with Gasteiger partial charge in [-0.2, -0.15) is 0 Å². The third kappa shape index (κ3) is 3.36. The first-order valence-corrected chi connectivity index (χ1v) is 12.2. The van der Waals surface area contributed by atoms with Crippen molar-refractivity contribution in [3.63, 3.8) is 0 Å². The molecule has 0 radical (unpaired) electrons. The van der Waals surface area contributed by atoms with E-state index in [1.54, 1.807) is 0 Å². The molecular formula is C15H28NPSi. The van der Waals surface area contributed by atoms with Crippen molar-refractivity contribution in [2.75, 3.05) is 0 Å². The van der Waals surface area contributed by atoms with Crippen LogP contribution < -0.4 is 5.30 Å². The van der Waals surface area contributed by atoms with E-state index in [2.05, 4.69) is 77.7 Å². The molecule has 0 amide bonds. The van der Waals surface area contributed by atoms with Crippen LogP contribution in [0, 0.1) is 0 Å². The van der Waals surface area contributed by atoms with E-state index in [4.69, 9.17) is 4.41 Å². The highest BCUT2D eigenvalue weighted by Gasteiger charge is 2.31. The maximum absolute atomic E-state index is 5.46. The van der Waals surface area contributed by atoms with Gasteiger partial charge in [-0.1, -0.05) is 77.7 Å². The predicted molar refractivity (Wildman–Crippen MR) is 89.0 cm³/mol. The topological polar surface area (TPSA) is 12.4 Å². The van der Waals surface area contributed by atoms with E-state index in [1.165, 1.54) is 5.30 Å². The van der Waals surface area contributed by atoms with E-state index in [9.17, 15) is 0 Å². The lowest BCUT2D eigenvalue weighted by molar-refractivity contribution is 1.00. The van der Waals surface area contributed by atoms with E-state index in [0.717, 1.165) is 0 Å². The molecule has 0 atom stereocenters. The van der Waals surface area contributed by atoms with Crippen LogP contribution in [0.4, 0.5) is 0 Å². The fourth-order valence-corrected chi connectivity index (χ4v) is 12.0. The zero-order valence-corrected chi connectivity index (χ0v) is 14.8. The predicted octanol–water partition coefficient (Wildman–Crippen LogP) is 5.16. The molecule has 0 aliphatic heterocycles. The van der Waals surface area contributed by atoms with Crippen LogP contribution in [0.1, 0.15) is 27.7 Å². The molecule has 1 nitrogen and oxygen atoms in total. The molecule has 0 aliphatic rings. The molecule has 1 aromatic rings. The minimum Gasteiger partial charge on any atom is -0.333 e. The summed E-state index contributed by atoms with van der Waals surface area (Å²) < 4.78 is 5.46. The van der Waals surface area contributed by atoms with Crippen molar-refractivity contribution in [3.8, 4) is 0 Å². The summed E-state index contributed by atoms with van der Waals surface area (Å²) in [7, 11) is -2.85. The average Bonchev–Trinajstić information content (AvgIpc) is 2.25. The van der Waals surface area contributed by atoms with Gasteiger partial charge in [0, 0.05) is 0 Å². The second kappa shape index (κ2) is 5.75. The Morgan fingerprint density at radius 3 is 1.67 bits per heavy atom. The third-order valence-corrected chi connectivity index (χ3v) is 11.2. The summed E-state index contributed by atoms with van der Waals surface area (Å²) in [5, 5.41) is 1.48. The van der Waals surface area contributed by atoms with Gasteiger partial charge in [0.15, 0.2) is 8.24 Å². The molecule has 0 heterocycles. The van der Waals surface area contributed by atoms with Gasteiger partial charge >= 0.3 is 0 Å². The summed E-state index contributed by atoms with van der Waals surface area (Å²) in [4.78, 5) is 0. The molecule has 3 heteroatoms. The van der Waals surface area contributed by atoms with Crippen LogP contribution in [0.5, 0.6) is 0 Å². The maximum atomic E-state index is 5.46. The van der Waals surface area contributed by atoms with Crippen LogP contribution in [-0.2, 0) is 0 Å². The Morgan fingerprint density at radius 2 is 1.33 bits per heavy atom. The summed E-state index contributed by atoms with van der Waals surface area (Å²) in [5.41, 5.74) is 1.26. The van der Waals surface area contributed by atoms with E-state index in [-0.39, 0.29) is 0 Å². The van der Waals surface area contributed by atoms with E-state index in [0.29, 0.717) is 11.3 Å².